The third-order valence-electron chi connectivity index (χ3n) is 4.42. The van der Waals surface area contributed by atoms with E-state index in [2.05, 4.69) is 11.6 Å². The molecule has 0 aromatic heterocycles. The molecule has 0 heterocycles. The predicted molar refractivity (Wildman–Crippen MR) is 82.6 cm³/mol. The van der Waals surface area contributed by atoms with Gasteiger partial charge in [0.1, 0.15) is 0 Å². The first-order chi connectivity index (χ1) is 9.86. The second kappa shape index (κ2) is 6.61. The Labute approximate surface area is 128 Å². The fraction of sp³-hybridized carbons (Fsp3) is 0.625. The largest absolute Gasteiger partial charge is 0.416 e. The van der Waals surface area contributed by atoms with Crippen molar-refractivity contribution in [2.75, 3.05) is 12.8 Å². The molecule has 1 aromatic rings. The van der Waals surface area contributed by atoms with Crippen molar-refractivity contribution in [2.45, 2.75) is 49.6 Å². The summed E-state index contributed by atoms with van der Waals surface area (Å²) in [6.07, 6.45) is 2.88. The lowest BCUT2D eigenvalue weighted by atomic mass is 10.0. The van der Waals surface area contributed by atoms with Gasteiger partial charge in [-0.1, -0.05) is 25.0 Å². The summed E-state index contributed by atoms with van der Waals surface area (Å²) in [5.41, 5.74) is 0.312. The first kappa shape index (κ1) is 16.7. The van der Waals surface area contributed by atoms with Crippen molar-refractivity contribution in [3.8, 4) is 0 Å². The Balaban J connectivity index is 1.95. The molecule has 1 fully saturated rings. The third kappa shape index (κ3) is 4.16. The third-order valence-corrected chi connectivity index (χ3v) is 5.83. The Hall–Kier alpha value is -0.680. The van der Waals surface area contributed by atoms with Crippen LogP contribution in [0.1, 0.15) is 49.8 Å². The molecule has 0 saturated heterocycles. The molecule has 1 N–H and O–H groups in total. The Bertz CT molecular complexity index is 450. The average Bonchev–Trinajstić information content (AvgIpc) is 2.93. The van der Waals surface area contributed by atoms with Crippen LogP contribution in [-0.4, -0.2) is 17.5 Å². The van der Waals surface area contributed by atoms with Gasteiger partial charge in [-0.05, 0) is 43.7 Å². The van der Waals surface area contributed by atoms with Crippen LogP contribution in [0.3, 0.4) is 0 Å². The molecule has 1 unspecified atom stereocenters. The molecule has 1 nitrogen and oxygen atoms in total. The van der Waals surface area contributed by atoms with Crippen LogP contribution in [0.2, 0.25) is 0 Å². The molecule has 1 atom stereocenters. The van der Waals surface area contributed by atoms with Gasteiger partial charge in [-0.15, -0.1) is 0 Å². The van der Waals surface area contributed by atoms with E-state index in [1.807, 2.05) is 18.7 Å². The SMILES string of the molecule is CSC1(CNC(C)c2ccc(C(F)(F)F)cc2)CCCC1. The highest BCUT2D eigenvalue weighted by atomic mass is 32.2. The highest BCUT2D eigenvalue weighted by Crippen LogP contribution is 2.40. The quantitative estimate of drug-likeness (QED) is 0.817. The van der Waals surface area contributed by atoms with Crippen LogP contribution in [0.4, 0.5) is 13.2 Å². The summed E-state index contributed by atoms with van der Waals surface area (Å²) < 4.78 is 38.0. The number of thioether (sulfide) groups is 1. The fourth-order valence-corrected chi connectivity index (χ4v) is 3.81. The summed E-state index contributed by atoms with van der Waals surface area (Å²) in [5, 5.41) is 3.49. The predicted octanol–water partition coefficient (Wildman–Crippen LogP) is 5.03. The molecule has 0 bridgehead atoms. The molecule has 1 aromatic carbocycles. The maximum atomic E-state index is 12.6. The molecular weight excluding hydrogens is 295 g/mol. The number of nitrogens with one attached hydrogen (secondary N) is 1. The van der Waals surface area contributed by atoms with Crippen molar-refractivity contribution in [3.05, 3.63) is 35.4 Å². The monoisotopic (exact) mass is 317 g/mol. The topological polar surface area (TPSA) is 12.0 Å². The number of hydrogen-bond acceptors (Lipinski definition) is 2. The zero-order valence-corrected chi connectivity index (χ0v) is 13.3. The Morgan fingerprint density at radius 2 is 1.76 bits per heavy atom. The van der Waals surface area contributed by atoms with E-state index in [1.165, 1.54) is 25.7 Å². The van der Waals surface area contributed by atoms with E-state index in [-0.39, 0.29) is 6.04 Å². The van der Waals surface area contributed by atoms with Crippen molar-refractivity contribution < 1.29 is 13.2 Å². The van der Waals surface area contributed by atoms with Crippen molar-refractivity contribution in [2.24, 2.45) is 0 Å². The fourth-order valence-electron chi connectivity index (χ4n) is 2.89. The number of rotatable bonds is 5. The molecule has 0 spiro atoms. The highest BCUT2D eigenvalue weighted by molar-refractivity contribution is 8.00. The lowest BCUT2D eigenvalue weighted by Gasteiger charge is -2.29. The maximum absolute atomic E-state index is 12.6. The number of benzene rings is 1. The van der Waals surface area contributed by atoms with Gasteiger partial charge in [0.2, 0.25) is 0 Å². The molecule has 1 aliphatic rings. The van der Waals surface area contributed by atoms with Crippen LogP contribution < -0.4 is 5.32 Å². The summed E-state index contributed by atoms with van der Waals surface area (Å²) in [7, 11) is 0. The standard InChI is InChI=1S/C16H22F3NS/c1-12(20-11-15(21-2)9-3-4-10-15)13-5-7-14(8-6-13)16(17,18)19/h5-8,12,20H,3-4,9-11H2,1-2H3. The van der Waals surface area contributed by atoms with E-state index in [0.717, 1.165) is 24.2 Å². The summed E-state index contributed by atoms with van der Waals surface area (Å²) in [6, 6.07) is 5.53. The molecule has 2 rings (SSSR count). The molecule has 0 radical (unpaired) electrons. The summed E-state index contributed by atoms with van der Waals surface area (Å²) in [5.74, 6) is 0. The minimum Gasteiger partial charge on any atom is -0.309 e. The van der Waals surface area contributed by atoms with Crippen LogP contribution in [0.15, 0.2) is 24.3 Å². The Kier molecular flexibility index (Phi) is 5.25. The smallest absolute Gasteiger partial charge is 0.309 e. The van der Waals surface area contributed by atoms with Crippen LogP contribution in [0, 0.1) is 0 Å². The van der Waals surface area contributed by atoms with E-state index < -0.39 is 11.7 Å². The van der Waals surface area contributed by atoms with Gasteiger partial charge in [0.15, 0.2) is 0 Å². The van der Waals surface area contributed by atoms with Gasteiger partial charge < -0.3 is 5.32 Å². The summed E-state index contributed by atoms with van der Waals surface area (Å²) in [6.45, 7) is 2.92. The second-order valence-electron chi connectivity index (χ2n) is 5.82. The Morgan fingerprint density at radius 3 is 2.24 bits per heavy atom. The number of halogens is 3. The van der Waals surface area contributed by atoms with Crippen LogP contribution in [0.25, 0.3) is 0 Å². The van der Waals surface area contributed by atoms with E-state index >= 15 is 0 Å². The van der Waals surface area contributed by atoms with Gasteiger partial charge in [-0.25, -0.2) is 0 Å². The molecule has 5 heteroatoms. The highest BCUT2D eigenvalue weighted by Gasteiger charge is 2.33. The van der Waals surface area contributed by atoms with Gasteiger partial charge in [-0.3, -0.25) is 0 Å². The first-order valence-corrected chi connectivity index (χ1v) is 8.54. The van der Waals surface area contributed by atoms with E-state index in [0.29, 0.717) is 4.75 Å². The normalized spacial score (nSPS) is 19.7. The van der Waals surface area contributed by atoms with E-state index in [4.69, 9.17) is 0 Å². The van der Waals surface area contributed by atoms with Crippen molar-refractivity contribution in [1.29, 1.82) is 0 Å². The number of hydrogen-bond donors (Lipinski definition) is 1. The van der Waals surface area contributed by atoms with Crippen molar-refractivity contribution in [3.63, 3.8) is 0 Å². The van der Waals surface area contributed by atoms with Gasteiger partial charge >= 0.3 is 6.18 Å². The lowest BCUT2D eigenvalue weighted by Crippen LogP contribution is -2.36. The Morgan fingerprint density at radius 1 is 1.19 bits per heavy atom. The molecule has 0 amide bonds. The van der Waals surface area contributed by atoms with Crippen molar-refractivity contribution in [1.82, 2.24) is 5.32 Å². The molecule has 21 heavy (non-hydrogen) atoms. The zero-order chi connectivity index (χ0) is 15.5. The molecule has 1 aliphatic carbocycles. The summed E-state index contributed by atoms with van der Waals surface area (Å²) in [4.78, 5) is 0. The van der Waals surface area contributed by atoms with Crippen LogP contribution in [0.5, 0.6) is 0 Å². The molecule has 118 valence electrons. The lowest BCUT2D eigenvalue weighted by molar-refractivity contribution is -0.137. The van der Waals surface area contributed by atoms with Gasteiger partial charge in [0.25, 0.3) is 0 Å². The maximum Gasteiger partial charge on any atom is 0.416 e. The van der Waals surface area contributed by atoms with E-state index in [1.54, 1.807) is 12.1 Å². The average molecular weight is 317 g/mol. The van der Waals surface area contributed by atoms with Crippen LogP contribution in [-0.2, 0) is 6.18 Å². The summed E-state index contributed by atoms with van der Waals surface area (Å²) >= 11 is 1.91. The molecule has 1 saturated carbocycles. The molecular formula is C16H22F3NS. The second-order valence-corrected chi connectivity index (χ2v) is 7.09. The van der Waals surface area contributed by atoms with Gasteiger partial charge in [0.05, 0.1) is 5.56 Å². The minimum atomic E-state index is -4.26. The van der Waals surface area contributed by atoms with Crippen LogP contribution >= 0.6 is 11.8 Å². The first-order valence-electron chi connectivity index (χ1n) is 7.32. The number of alkyl halides is 3. The minimum absolute atomic E-state index is 0.0666. The zero-order valence-electron chi connectivity index (χ0n) is 12.5. The van der Waals surface area contributed by atoms with Crippen molar-refractivity contribution >= 4 is 11.8 Å². The molecule has 0 aliphatic heterocycles. The van der Waals surface area contributed by atoms with E-state index in [9.17, 15) is 13.2 Å². The van der Waals surface area contributed by atoms with Gasteiger partial charge in [-0.2, -0.15) is 24.9 Å². The van der Waals surface area contributed by atoms with Gasteiger partial charge in [0, 0.05) is 17.3 Å².